The molecule has 2 atom stereocenters. The summed E-state index contributed by atoms with van der Waals surface area (Å²) in [6.45, 7) is 4.71. The van der Waals surface area contributed by atoms with Crippen molar-refractivity contribution in [2.45, 2.75) is 25.2 Å². The van der Waals surface area contributed by atoms with E-state index in [0.717, 1.165) is 30.7 Å². The number of nitrogens with zero attached hydrogens (tertiary/aromatic N) is 1. The summed E-state index contributed by atoms with van der Waals surface area (Å²) in [5, 5.41) is 2.20. The Balaban J connectivity index is 1.89. The van der Waals surface area contributed by atoms with Crippen molar-refractivity contribution < 1.29 is 22.0 Å². The number of piperidine rings is 1. The SMILES string of the molecule is CC1CC(C)CN(S(=O)(=O)c2ccc(F)c(C(=O)Nc3ccc(F)c(Cl)c3)c2)C1. The van der Waals surface area contributed by atoms with Crippen LogP contribution in [0.4, 0.5) is 14.5 Å². The Morgan fingerprint density at radius 3 is 2.31 bits per heavy atom. The van der Waals surface area contributed by atoms with Gasteiger partial charge in [-0.3, -0.25) is 4.79 Å². The molecule has 156 valence electrons. The van der Waals surface area contributed by atoms with Crippen LogP contribution in [0.2, 0.25) is 5.02 Å². The second-order valence-corrected chi connectivity index (χ2v) is 9.84. The largest absolute Gasteiger partial charge is 0.322 e. The van der Waals surface area contributed by atoms with Gasteiger partial charge in [-0.15, -0.1) is 0 Å². The Hall–Kier alpha value is -2.03. The molecule has 1 N–H and O–H groups in total. The molecule has 9 heteroatoms. The van der Waals surface area contributed by atoms with Crippen LogP contribution in [0, 0.1) is 23.5 Å². The van der Waals surface area contributed by atoms with Crippen molar-refractivity contribution in [3.05, 3.63) is 58.6 Å². The number of rotatable bonds is 4. The first kappa shape index (κ1) is 21.7. The number of hydrogen-bond donors (Lipinski definition) is 1. The lowest BCUT2D eigenvalue weighted by Gasteiger charge is -2.34. The van der Waals surface area contributed by atoms with E-state index in [1.165, 1.54) is 16.4 Å². The highest BCUT2D eigenvalue weighted by Crippen LogP contribution is 2.28. The second kappa shape index (κ2) is 8.38. The molecule has 1 amide bonds. The van der Waals surface area contributed by atoms with Gasteiger partial charge in [0.2, 0.25) is 10.0 Å². The van der Waals surface area contributed by atoms with E-state index in [2.05, 4.69) is 5.32 Å². The van der Waals surface area contributed by atoms with Crippen molar-refractivity contribution in [3.63, 3.8) is 0 Å². The maximum atomic E-state index is 14.3. The molecular formula is C20H21ClF2N2O3S. The Morgan fingerprint density at radius 2 is 1.69 bits per heavy atom. The van der Waals surface area contributed by atoms with Crippen LogP contribution in [0.25, 0.3) is 0 Å². The van der Waals surface area contributed by atoms with Gasteiger partial charge in [0.1, 0.15) is 11.6 Å². The smallest absolute Gasteiger partial charge is 0.258 e. The van der Waals surface area contributed by atoms with Gasteiger partial charge < -0.3 is 5.32 Å². The van der Waals surface area contributed by atoms with Gasteiger partial charge in [-0.25, -0.2) is 17.2 Å². The summed E-state index contributed by atoms with van der Waals surface area (Å²) in [5.41, 5.74) is -0.266. The minimum atomic E-state index is -3.87. The van der Waals surface area contributed by atoms with Gasteiger partial charge in [0.15, 0.2) is 0 Å². The number of carbonyl (C=O) groups excluding carboxylic acids is 1. The molecule has 0 radical (unpaired) electrons. The quantitative estimate of drug-likeness (QED) is 0.756. The molecule has 0 bridgehead atoms. The Bertz CT molecular complexity index is 1040. The zero-order valence-corrected chi connectivity index (χ0v) is 17.5. The van der Waals surface area contributed by atoms with Crippen LogP contribution in [0.15, 0.2) is 41.3 Å². The van der Waals surface area contributed by atoms with Gasteiger partial charge in [0, 0.05) is 18.8 Å². The number of anilines is 1. The van der Waals surface area contributed by atoms with Crippen LogP contribution in [0.3, 0.4) is 0 Å². The molecule has 1 aliphatic heterocycles. The summed E-state index contributed by atoms with van der Waals surface area (Å²) in [6, 6.07) is 6.65. The van der Waals surface area contributed by atoms with E-state index in [4.69, 9.17) is 11.6 Å². The first-order chi connectivity index (χ1) is 13.6. The zero-order chi connectivity index (χ0) is 21.3. The number of sulfonamides is 1. The standard InChI is InChI=1S/C20H21ClF2N2O3S/c1-12-7-13(2)11-25(10-12)29(27,28)15-4-6-18(22)16(9-15)20(26)24-14-3-5-19(23)17(21)8-14/h3-6,8-9,12-13H,7,10-11H2,1-2H3,(H,24,26). The zero-order valence-electron chi connectivity index (χ0n) is 16.0. The number of hydrogen-bond acceptors (Lipinski definition) is 3. The number of halogens is 3. The number of nitrogens with one attached hydrogen (secondary N) is 1. The summed E-state index contributed by atoms with van der Waals surface area (Å²) < 4.78 is 54.9. The molecule has 1 saturated heterocycles. The minimum absolute atomic E-state index is 0.150. The number of benzene rings is 2. The number of amides is 1. The first-order valence-electron chi connectivity index (χ1n) is 9.14. The molecule has 1 aliphatic rings. The topological polar surface area (TPSA) is 66.5 Å². The van der Waals surface area contributed by atoms with Gasteiger partial charge >= 0.3 is 0 Å². The van der Waals surface area contributed by atoms with Crippen molar-refractivity contribution in [1.29, 1.82) is 0 Å². The van der Waals surface area contributed by atoms with E-state index in [1.54, 1.807) is 0 Å². The van der Waals surface area contributed by atoms with Crippen molar-refractivity contribution in [3.8, 4) is 0 Å². The fraction of sp³-hybridized carbons (Fsp3) is 0.350. The normalized spacial score (nSPS) is 20.4. The maximum absolute atomic E-state index is 14.3. The van der Waals surface area contributed by atoms with Crippen molar-refractivity contribution in [2.24, 2.45) is 11.8 Å². The second-order valence-electron chi connectivity index (χ2n) is 7.49. The summed E-state index contributed by atoms with van der Waals surface area (Å²) in [6.07, 6.45) is 0.934. The Morgan fingerprint density at radius 1 is 1.07 bits per heavy atom. The van der Waals surface area contributed by atoms with Gasteiger partial charge in [-0.2, -0.15) is 4.31 Å². The van der Waals surface area contributed by atoms with Gasteiger partial charge in [0.25, 0.3) is 5.91 Å². The maximum Gasteiger partial charge on any atom is 0.258 e. The molecular weight excluding hydrogens is 422 g/mol. The molecule has 0 aromatic heterocycles. The third kappa shape index (κ3) is 4.76. The monoisotopic (exact) mass is 442 g/mol. The molecule has 3 rings (SSSR count). The molecule has 29 heavy (non-hydrogen) atoms. The van der Waals surface area contributed by atoms with Gasteiger partial charge in [-0.1, -0.05) is 25.4 Å². The highest BCUT2D eigenvalue weighted by Gasteiger charge is 2.32. The summed E-state index contributed by atoms with van der Waals surface area (Å²) in [4.78, 5) is 12.3. The van der Waals surface area contributed by atoms with Crippen LogP contribution in [-0.2, 0) is 10.0 Å². The van der Waals surface area contributed by atoms with Crippen molar-refractivity contribution >= 4 is 33.2 Å². The molecule has 2 unspecified atom stereocenters. The van der Waals surface area contributed by atoms with Gasteiger partial charge in [0.05, 0.1) is 15.5 Å². The van der Waals surface area contributed by atoms with E-state index >= 15 is 0 Å². The van der Waals surface area contributed by atoms with E-state index in [0.29, 0.717) is 13.1 Å². The predicted molar refractivity (Wildman–Crippen MR) is 107 cm³/mol. The highest BCUT2D eigenvalue weighted by molar-refractivity contribution is 7.89. The third-order valence-electron chi connectivity index (χ3n) is 4.83. The van der Waals surface area contributed by atoms with Crippen LogP contribution in [-0.4, -0.2) is 31.7 Å². The molecule has 2 aromatic rings. The fourth-order valence-corrected chi connectivity index (χ4v) is 5.45. The van der Waals surface area contributed by atoms with Crippen molar-refractivity contribution in [1.82, 2.24) is 4.31 Å². The summed E-state index contributed by atoms with van der Waals surface area (Å²) in [7, 11) is -3.87. The van der Waals surface area contributed by atoms with Crippen LogP contribution in [0.5, 0.6) is 0 Å². The van der Waals surface area contributed by atoms with Gasteiger partial charge in [-0.05, 0) is 54.7 Å². The lowest BCUT2D eigenvalue weighted by molar-refractivity contribution is 0.102. The third-order valence-corrected chi connectivity index (χ3v) is 6.95. The van der Waals surface area contributed by atoms with Crippen LogP contribution in [0.1, 0.15) is 30.6 Å². The molecule has 1 fully saturated rings. The van der Waals surface area contributed by atoms with E-state index in [9.17, 15) is 22.0 Å². The fourth-order valence-electron chi connectivity index (χ4n) is 3.56. The summed E-state index contributed by atoms with van der Waals surface area (Å²) >= 11 is 5.68. The average Bonchev–Trinajstić information content (AvgIpc) is 2.64. The van der Waals surface area contributed by atoms with E-state index in [1.807, 2.05) is 13.8 Å². The predicted octanol–water partition coefficient (Wildman–Crippen LogP) is 4.54. The molecule has 2 aromatic carbocycles. The highest BCUT2D eigenvalue weighted by atomic mass is 35.5. The van der Waals surface area contributed by atoms with E-state index in [-0.39, 0.29) is 27.4 Å². The van der Waals surface area contributed by atoms with Crippen molar-refractivity contribution in [2.75, 3.05) is 18.4 Å². The van der Waals surface area contributed by atoms with Crippen LogP contribution >= 0.6 is 11.6 Å². The molecule has 5 nitrogen and oxygen atoms in total. The lowest BCUT2D eigenvalue weighted by atomic mass is 9.94. The Kier molecular flexibility index (Phi) is 6.26. The molecule has 0 saturated carbocycles. The molecule has 0 spiro atoms. The minimum Gasteiger partial charge on any atom is -0.322 e. The molecule has 1 heterocycles. The Labute approximate surface area is 173 Å². The summed E-state index contributed by atoms with van der Waals surface area (Å²) in [5.74, 6) is -1.97. The number of carbonyl (C=O) groups is 1. The first-order valence-corrected chi connectivity index (χ1v) is 11.0. The lowest BCUT2D eigenvalue weighted by Crippen LogP contribution is -2.42. The van der Waals surface area contributed by atoms with Crippen LogP contribution < -0.4 is 5.32 Å². The van der Waals surface area contributed by atoms with E-state index < -0.39 is 33.1 Å². The average molecular weight is 443 g/mol. The molecule has 0 aliphatic carbocycles.